The molecule has 0 bridgehead atoms. The number of ether oxygens (including phenoxy) is 1. The number of pyridine rings is 1. The van der Waals surface area contributed by atoms with E-state index in [9.17, 15) is 13.6 Å². The number of nitrogens with two attached hydrogens (primary N) is 1. The van der Waals surface area contributed by atoms with E-state index in [0.717, 1.165) is 6.42 Å². The summed E-state index contributed by atoms with van der Waals surface area (Å²) in [7, 11) is 0. The molecule has 3 N–H and O–H groups in total. The normalized spacial score (nSPS) is 16.9. The summed E-state index contributed by atoms with van der Waals surface area (Å²) >= 11 is 0. The van der Waals surface area contributed by atoms with Crippen molar-refractivity contribution in [2.75, 3.05) is 23.3 Å². The number of anilines is 2. The molecule has 0 saturated carbocycles. The van der Waals surface area contributed by atoms with Crippen molar-refractivity contribution in [2.24, 2.45) is 5.73 Å². The Hall–Kier alpha value is -2.90. The third kappa shape index (κ3) is 3.96. The van der Waals surface area contributed by atoms with Gasteiger partial charge >= 0.3 is 6.61 Å². The maximum atomic E-state index is 12.6. The third-order valence-corrected chi connectivity index (χ3v) is 4.06. The minimum atomic E-state index is -2.87. The van der Waals surface area contributed by atoms with Crippen LogP contribution < -0.4 is 20.7 Å². The van der Waals surface area contributed by atoms with Gasteiger partial charge in [-0.05, 0) is 24.6 Å². The van der Waals surface area contributed by atoms with Crippen molar-refractivity contribution < 1.29 is 18.3 Å². The van der Waals surface area contributed by atoms with Gasteiger partial charge in [0.1, 0.15) is 5.75 Å². The molecule has 1 fully saturated rings. The van der Waals surface area contributed by atoms with Crippen LogP contribution in [0.15, 0.2) is 42.7 Å². The Morgan fingerprint density at radius 3 is 2.92 bits per heavy atom. The van der Waals surface area contributed by atoms with Crippen molar-refractivity contribution in [3.63, 3.8) is 0 Å². The van der Waals surface area contributed by atoms with Crippen LogP contribution in [0.1, 0.15) is 16.8 Å². The Labute approximate surface area is 143 Å². The van der Waals surface area contributed by atoms with Crippen LogP contribution in [0, 0.1) is 0 Å². The zero-order valence-corrected chi connectivity index (χ0v) is 13.4. The second-order valence-electron chi connectivity index (χ2n) is 5.71. The topological polar surface area (TPSA) is 80.5 Å². The summed E-state index contributed by atoms with van der Waals surface area (Å²) in [5.41, 5.74) is 6.92. The Bertz CT molecular complexity index is 757. The molecule has 2 heterocycles. The molecule has 3 rings (SSSR count). The third-order valence-electron chi connectivity index (χ3n) is 4.06. The van der Waals surface area contributed by atoms with E-state index in [1.165, 1.54) is 12.3 Å². The monoisotopic (exact) mass is 348 g/mol. The van der Waals surface area contributed by atoms with Crippen LogP contribution in [0.2, 0.25) is 0 Å². The highest BCUT2D eigenvalue weighted by atomic mass is 19.3. The number of nitrogens with zero attached hydrogens (tertiary/aromatic N) is 2. The lowest BCUT2D eigenvalue weighted by Gasteiger charge is -2.22. The van der Waals surface area contributed by atoms with Crippen LogP contribution >= 0.6 is 0 Å². The molecule has 2 aromatic rings. The summed E-state index contributed by atoms with van der Waals surface area (Å²) in [6.45, 7) is -1.60. The van der Waals surface area contributed by atoms with Gasteiger partial charge in [0.05, 0.1) is 16.9 Å². The standard InChI is InChI=1S/C17H18F2N4O2/c18-17(19)25-15-4-2-1-3-14(15)23-8-6-11(10-23)22-13-5-7-21-9-12(13)16(20)24/h1-5,7,9,11,17H,6,8,10H2,(H2,20,24)(H,21,22). The molecule has 132 valence electrons. The first-order chi connectivity index (χ1) is 12.0. The lowest BCUT2D eigenvalue weighted by molar-refractivity contribution is -0.0495. The second kappa shape index (κ2) is 7.33. The van der Waals surface area contributed by atoms with Gasteiger partial charge in [-0.25, -0.2) is 0 Å². The van der Waals surface area contributed by atoms with Gasteiger partial charge in [-0.1, -0.05) is 12.1 Å². The van der Waals surface area contributed by atoms with Crippen molar-refractivity contribution in [2.45, 2.75) is 19.1 Å². The van der Waals surface area contributed by atoms with E-state index in [-0.39, 0.29) is 11.8 Å². The van der Waals surface area contributed by atoms with Crippen LogP contribution in [0.25, 0.3) is 0 Å². The smallest absolute Gasteiger partial charge is 0.387 e. The van der Waals surface area contributed by atoms with E-state index < -0.39 is 12.5 Å². The van der Waals surface area contributed by atoms with Crippen LogP contribution in [0.3, 0.4) is 0 Å². The molecule has 1 aliphatic rings. The van der Waals surface area contributed by atoms with Gasteiger partial charge < -0.3 is 20.7 Å². The summed E-state index contributed by atoms with van der Waals surface area (Å²) in [4.78, 5) is 17.3. The molecule has 1 unspecified atom stereocenters. The average molecular weight is 348 g/mol. The molecule has 1 aromatic carbocycles. The highest BCUT2D eigenvalue weighted by Crippen LogP contribution is 2.32. The molecule has 0 aliphatic carbocycles. The molecular formula is C17H18F2N4O2. The Morgan fingerprint density at radius 1 is 1.36 bits per heavy atom. The van der Waals surface area contributed by atoms with Crippen LogP contribution in [-0.4, -0.2) is 36.6 Å². The average Bonchev–Trinajstić information content (AvgIpc) is 3.03. The summed E-state index contributed by atoms with van der Waals surface area (Å²) in [6, 6.07) is 8.44. The van der Waals surface area contributed by atoms with Crippen molar-refractivity contribution in [1.82, 2.24) is 4.98 Å². The van der Waals surface area contributed by atoms with Crippen molar-refractivity contribution >= 4 is 17.3 Å². The maximum Gasteiger partial charge on any atom is 0.387 e. The molecule has 1 saturated heterocycles. The zero-order chi connectivity index (χ0) is 17.8. The van der Waals surface area contributed by atoms with E-state index in [1.807, 2.05) is 4.90 Å². The molecule has 25 heavy (non-hydrogen) atoms. The fraction of sp³-hybridized carbons (Fsp3) is 0.294. The first-order valence-corrected chi connectivity index (χ1v) is 7.83. The van der Waals surface area contributed by atoms with Gasteiger partial charge in [-0.2, -0.15) is 8.78 Å². The van der Waals surface area contributed by atoms with Gasteiger partial charge in [0.25, 0.3) is 5.91 Å². The van der Waals surface area contributed by atoms with E-state index >= 15 is 0 Å². The molecule has 8 heteroatoms. The molecule has 0 spiro atoms. The number of nitrogens with one attached hydrogen (secondary N) is 1. The number of amides is 1. The van der Waals surface area contributed by atoms with E-state index in [1.54, 1.807) is 30.5 Å². The van der Waals surface area contributed by atoms with Crippen molar-refractivity contribution in [3.8, 4) is 5.75 Å². The summed E-state index contributed by atoms with van der Waals surface area (Å²) < 4.78 is 29.7. The van der Waals surface area contributed by atoms with E-state index in [2.05, 4.69) is 15.0 Å². The number of benzene rings is 1. The highest BCUT2D eigenvalue weighted by Gasteiger charge is 2.26. The lowest BCUT2D eigenvalue weighted by Crippen LogP contribution is -2.27. The molecule has 1 aliphatic heterocycles. The number of halogens is 2. The summed E-state index contributed by atoms with van der Waals surface area (Å²) in [5.74, 6) is -0.402. The van der Waals surface area contributed by atoms with Crippen LogP contribution in [-0.2, 0) is 0 Å². The number of carbonyl (C=O) groups excluding carboxylic acids is 1. The lowest BCUT2D eigenvalue weighted by atomic mass is 10.2. The largest absolute Gasteiger partial charge is 0.433 e. The molecule has 0 radical (unpaired) electrons. The molecule has 1 atom stereocenters. The predicted octanol–water partition coefficient (Wildman–Crippen LogP) is 2.47. The van der Waals surface area contributed by atoms with Gasteiger partial charge in [-0.15, -0.1) is 0 Å². The predicted molar refractivity (Wildman–Crippen MR) is 90.1 cm³/mol. The van der Waals surface area contributed by atoms with Gasteiger partial charge in [0, 0.05) is 31.5 Å². The summed E-state index contributed by atoms with van der Waals surface area (Å²) in [6.07, 6.45) is 3.78. The highest BCUT2D eigenvalue weighted by molar-refractivity contribution is 5.98. The number of primary amides is 1. The van der Waals surface area contributed by atoms with Gasteiger partial charge in [0.15, 0.2) is 0 Å². The van der Waals surface area contributed by atoms with Gasteiger partial charge in [0.2, 0.25) is 0 Å². The number of carbonyl (C=O) groups is 1. The van der Waals surface area contributed by atoms with Crippen molar-refractivity contribution in [3.05, 3.63) is 48.3 Å². The fourth-order valence-corrected chi connectivity index (χ4v) is 2.95. The molecule has 1 amide bonds. The number of rotatable bonds is 6. The maximum absolute atomic E-state index is 12.6. The first-order valence-electron chi connectivity index (χ1n) is 7.83. The summed E-state index contributed by atoms with van der Waals surface area (Å²) in [5, 5.41) is 3.28. The fourth-order valence-electron chi connectivity index (χ4n) is 2.95. The van der Waals surface area contributed by atoms with Crippen LogP contribution in [0.5, 0.6) is 5.75 Å². The number of alkyl halides is 2. The minimum Gasteiger partial charge on any atom is -0.433 e. The first kappa shape index (κ1) is 16.9. The Balaban J connectivity index is 1.72. The Morgan fingerprint density at radius 2 is 2.16 bits per heavy atom. The molecular weight excluding hydrogens is 330 g/mol. The quantitative estimate of drug-likeness (QED) is 0.838. The molecule has 6 nitrogen and oxygen atoms in total. The number of aromatic nitrogens is 1. The number of hydrogen-bond donors (Lipinski definition) is 2. The van der Waals surface area contributed by atoms with Gasteiger partial charge in [-0.3, -0.25) is 9.78 Å². The zero-order valence-electron chi connectivity index (χ0n) is 13.4. The minimum absolute atomic E-state index is 0.0418. The van der Waals surface area contributed by atoms with Crippen molar-refractivity contribution in [1.29, 1.82) is 0 Å². The van der Waals surface area contributed by atoms with E-state index in [4.69, 9.17) is 5.73 Å². The van der Waals surface area contributed by atoms with Crippen LogP contribution in [0.4, 0.5) is 20.2 Å². The number of hydrogen-bond acceptors (Lipinski definition) is 5. The SMILES string of the molecule is NC(=O)c1cnccc1NC1CCN(c2ccccc2OC(F)F)C1. The molecule has 1 aromatic heterocycles. The second-order valence-corrected chi connectivity index (χ2v) is 5.71. The Kier molecular flexibility index (Phi) is 4.97. The van der Waals surface area contributed by atoms with E-state index in [0.29, 0.717) is 30.0 Å². The number of para-hydroxylation sites is 2.